The van der Waals surface area contributed by atoms with Crippen molar-refractivity contribution in [2.45, 2.75) is 33.2 Å². The number of hydrogen-bond acceptors (Lipinski definition) is 4. The Labute approximate surface area is 121 Å². The Balaban J connectivity index is 2.13. The SMILES string of the molecule is CCn1nc(C)cc1CC(CNC)C1CCS(=O)(=O)C1. The molecule has 5 nitrogen and oxygen atoms in total. The van der Waals surface area contributed by atoms with Crippen LogP contribution < -0.4 is 5.32 Å². The number of rotatable bonds is 6. The van der Waals surface area contributed by atoms with Gasteiger partial charge in [0.15, 0.2) is 9.84 Å². The maximum atomic E-state index is 11.7. The summed E-state index contributed by atoms with van der Waals surface area (Å²) in [5, 5.41) is 7.69. The van der Waals surface area contributed by atoms with Crippen LogP contribution in [0.2, 0.25) is 0 Å². The van der Waals surface area contributed by atoms with E-state index < -0.39 is 9.84 Å². The van der Waals surface area contributed by atoms with Gasteiger partial charge in [0.25, 0.3) is 0 Å². The molecule has 1 fully saturated rings. The van der Waals surface area contributed by atoms with Crippen LogP contribution in [-0.4, -0.2) is 43.3 Å². The zero-order valence-electron chi connectivity index (χ0n) is 12.6. The third-order valence-corrected chi connectivity index (χ3v) is 5.95. The second-order valence-corrected chi connectivity index (χ2v) is 8.01. The number of nitrogens with one attached hydrogen (secondary N) is 1. The minimum Gasteiger partial charge on any atom is -0.319 e. The highest BCUT2D eigenvalue weighted by molar-refractivity contribution is 7.91. The van der Waals surface area contributed by atoms with Gasteiger partial charge in [-0.05, 0) is 58.2 Å². The van der Waals surface area contributed by atoms with Crippen molar-refractivity contribution in [3.05, 3.63) is 17.5 Å². The molecule has 2 unspecified atom stereocenters. The lowest BCUT2D eigenvalue weighted by Gasteiger charge is -2.22. The molecule has 1 aromatic heterocycles. The van der Waals surface area contributed by atoms with Crippen LogP contribution in [0.5, 0.6) is 0 Å². The zero-order valence-corrected chi connectivity index (χ0v) is 13.4. The first-order valence-corrected chi connectivity index (χ1v) is 9.15. The van der Waals surface area contributed by atoms with Gasteiger partial charge in [0.2, 0.25) is 0 Å². The average Bonchev–Trinajstić information content (AvgIpc) is 2.91. The van der Waals surface area contributed by atoms with Crippen molar-refractivity contribution in [3.8, 4) is 0 Å². The van der Waals surface area contributed by atoms with Gasteiger partial charge in [0.05, 0.1) is 17.2 Å². The van der Waals surface area contributed by atoms with Crippen LogP contribution in [0.4, 0.5) is 0 Å². The first kappa shape index (κ1) is 15.5. The van der Waals surface area contributed by atoms with Gasteiger partial charge in [-0.3, -0.25) is 4.68 Å². The lowest BCUT2D eigenvalue weighted by molar-refractivity contribution is 0.343. The molecule has 0 amide bonds. The average molecular weight is 299 g/mol. The predicted molar refractivity (Wildman–Crippen MR) is 80.5 cm³/mol. The second kappa shape index (κ2) is 6.26. The fourth-order valence-corrected chi connectivity index (χ4v) is 5.09. The lowest BCUT2D eigenvalue weighted by atomic mass is 9.87. The van der Waals surface area contributed by atoms with Gasteiger partial charge in [-0.25, -0.2) is 8.42 Å². The molecule has 0 bridgehead atoms. The molecule has 0 saturated carbocycles. The topological polar surface area (TPSA) is 64.0 Å². The molecule has 1 aromatic rings. The van der Waals surface area contributed by atoms with Gasteiger partial charge in [-0.1, -0.05) is 0 Å². The summed E-state index contributed by atoms with van der Waals surface area (Å²) >= 11 is 0. The summed E-state index contributed by atoms with van der Waals surface area (Å²) in [7, 11) is -0.882. The molecule has 1 saturated heterocycles. The Morgan fingerprint density at radius 3 is 2.85 bits per heavy atom. The summed E-state index contributed by atoms with van der Waals surface area (Å²) in [6.07, 6.45) is 1.70. The highest BCUT2D eigenvalue weighted by Crippen LogP contribution is 2.28. The molecule has 0 radical (unpaired) electrons. The Hall–Kier alpha value is -0.880. The molecule has 114 valence electrons. The maximum absolute atomic E-state index is 11.7. The van der Waals surface area contributed by atoms with Crippen molar-refractivity contribution in [1.29, 1.82) is 0 Å². The van der Waals surface area contributed by atoms with Crippen molar-refractivity contribution in [3.63, 3.8) is 0 Å². The number of hydrogen-bond donors (Lipinski definition) is 1. The standard InChI is InChI=1S/C14H25N3O2S/c1-4-17-14(7-11(2)16-17)8-13(9-15-3)12-5-6-20(18,19)10-12/h7,12-13,15H,4-6,8-10H2,1-3H3. The third kappa shape index (κ3) is 3.61. The van der Waals surface area contributed by atoms with E-state index >= 15 is 0 Å². The van der Waals surface area contributed by atoms with E-state index in [1.807, 2.05) is 18.7 Å². The highest BCUT2D eigenvalue weighted by atomic mass is 32.2. The van der Waals surface area contributed by atoms with Crippen LogP contribution in [0.3, 0.4) is 0 Å². The summed E-state index contributed by atoms with van der Waals surface area (Å²) < 4.78 is 25.4. The van der Waals surface area contributed by atoms with E-state index in [1.54, 1.807) is 0 Å². The molecule has 0 spiro atoms. The summed E-state index contributed by atoms with van der Waals surface area (Å²) in [5.41, 5.74) is 2.25. The van der Waals surface area contributed by atoms with Crippen LogP contribution in [0.15, 0.2) is 6.07 Å². The molecule has 20 heavy (non-hydrogen) atoms. The number of nitrogens with zero attached hydrogens (tertiary/aromatic N) is 2. The van der Waals surface area contributed by atoms with E-state index in [9.17, 15) is 8.42 Å². The van der Waals surface area contributed by atoms with Gasteiger partial charge in [0.1, 0.15) is 0 Å². The predicted octanol–water partition coefficient (Wildman–Crippen LogP) is 1.02. The van der Waals surface area contributed by atoms with Gasteiger partial charge >= 0.3 is 0 Å². The minimum absolute atomic E-state index is 0.271. The van der Waals surface area contributed by atoms with E-state index in [0.29, 0.717) is 17.4 Å². The summed E-state index contributed by atoms with van der Waals surface area (Å²) in [6, 6.07) is 2.12. The first-order valence-electron chi connectivity index (χ1n) is 7.33. The fourth-order valence-electron chi connectivity index (χ4n) is 3.17. The summed E-state index contributed by atoms with van der Waals surface area (Å²) in [6.45, 7) is 5.80. The maximum Gasteiger partial charge on any atom is 0.150 e. The van der Waals surface area contributed by atoms with E-state index in [2.05, 4.69) is 23.4 Å². The number of aromatic nitrogens is 2. The Morgan fingerprint density at radius 1 is 1.55 bits per heavy atom. The summed E-state index contributed by atoms with van der Waals surface area (Å²) in [5.74, 6) is 1.33. The van der Waals surface area contributed by atoms with Gasteiger partial charge in [0, 0.05) is 12.2 Å². The van der Waals surface area contributed by atoms with E-state index in [-0.39, 0.29) is 5.92 Å². The van der Waals surface area contributed by atoms with E-state index in [1.165, 1.54) is 5.69 Å². The van der Waals surface area contributed by atoms with Crippen molar-refractivity contribution >= 4 is 9.84 Å². The first-order chi connectivity index (χ1) is 9.45. The van der Waals surface area contributed by atoms with Gasteiger partial charge < -0.3 is 5.32 Å². The molecule has 0 aromatic carbocycles. The van der Waals surface area contributed by atoms with Crippen molar-refractivity contribution in [2.24, 2.45) is 11.8 Å². The quantitative estimate of drug-likeness (QED) is 0.852. The normalized spacial score (nSPS) is 23.1. The molecule has 1 aliphatic rings. The van der Waals surface area contributed by atoms with Crippen molar-refractivity contribution in [1.82, 2.24) is 15.1 Å². The Kier molecular flexibility index (Phi) is 4.86. The molecule has 1 N–H and O–H groups in total. The van der Waals surface area contributed by atoms with Gasteiger partial charge in [-0.15, -0.1) is 0 Å². The molecular weight excluding hydrogens is 274 g/mol. The second-order valence-electron chi connectivity index (χ2n) is 5.78. The Bertz CT molecular complexity index is 551. The van der Waals surface area contributed by atoms with Crippen LogP contribution in [0.1, 0.15) is 24.7 Å². The van der Waals surface area contributed by atoms with Crippen molar-refractivity contribution < 1.29 is 8.42 Å². The highest BCUT2D eigenvalue weighted by Gasteiger charge is 2.33. The fraction of sp³-hybridized carbons (Fsp3) is 0.786. The molecule has 6 heteroatoms. The monoisotopic (exact) mass is 299 g/mol. The third-order valence-electron chi connectivity index (χ3n) is 4.16. The molecule has 1 aliphatic heterocycles. The smallest absolute Gasteiger partial charge is 0.150 e. The lowest BCUT2D eigenvalue weighted by Crippen LogP contribution is -2.29. The number of sulfone groups is 1. The molecule has 0 aliphatic carbocycles. The van der Waals surface area contributed by atoms with Gasteiger partial charge in [-0.2, -0.15) is 5.10 Å². The van der Waals surface area contributed by atoms with Crippen molar-refractivity contribution in [2.75, 3.05) is 25.1 Å². The minimum atomic E-state index is -2.81. The van der Waals surface area contributed by atoms with E-state index in [4.69, 9.17) is 0 Å². The van der Waals surface area contributed by atoms with Crippen LogP contribution in [-0.2, 0) is 22.8 Å². The molecular formula is C14H25N3O2S. The van der Waals surface area contributed by atoms with Crippen LogP contribution >= 0.6 is 0 Å². The summed E-state index contributed by atoms with van der Waals surface area (Å²) in [4.78, 5) is 0. The molecule has 2 atom stereocenters. The number of aryl methyl sites for hydroxylation is 2. The molecule has 2 rings (SSSR count). The zero-order chi connectivity index (χ0) is 14.8. The van der Waals surface area contributed by atoms with E-state index in [0.717, 1.165) is 31.6 Å². The largest absolute Gasteiger partial charge is 0.319 e. The molecule has 2 heterocycles. The van der Waals surface area contributed by atoms with Crippen LogP contribution in [0, 0.1) is 18.8 Å². The Morgan fingerprint density at radius 2 is 2.30 bits per heavy atom. The van der Waals surface area contributed by atoms with Crippen LogP contribution in [0.25, 0.3) is 0 Å².